The first kappa shape index (κ1) is 31.9. The highest BCUT2D eigenvalue weighted by atomic mass is 32.2. The molecule has 1 saturated heterocycles. The number of pyridine rings is 1. The summed E-state index contributed by atoms with van der Waals surface area (Å²) >= 11 is 0. The van der Waals surface area contributed by atoms with Crippen molar-refractivity contribution >= 4 is 21.6 Å². The summed E-state index contributed by atoms with van der Waals surface area (Å²) in [7, 11) is -3.82. The molecule has 2 fully saturated rings. The number of piperidine rings is 1. The van der Waals surface area contributed by atoms with Gasteiger partial charge in [0.1, 0.15) is 16.8 Å². The molecule has 1 amide bonds. The van der Waals surface area contributed by atoms with Crippen molar-refractivity contribution in [3.05, 3.63) is 53.6 Å². The summed E-state index contributed by atoms with van der Waals surface area (Å²) < 4.78 is 41.8. The van der Waals surface area contributed by atoms with E-state index in [-0.39, 0.29) is 22.8 Å². The van der Waals surface area contributed by atoms with E-state index in [1.807, 2.05) is 12.3 Å². The van der Waals surface area contributed by atoms with E-state index in [1.165, 1.54) is 79.8 Å². The molecular formula is C34H49FN4O3S. The van der Waals surface area contributed by atoms with Gasteiger partial charge in [0, 0.05) is 43.6 Å². The smallest absolute Gasteiger partial charge is 0.245 e. The maximum absolute atomic E-state index is 14.3. The van der Waals surface area contributed by atoms with E-state index in [0.717, 1.165) is 43.4 Å². The van der Waals surface area contributed by atoms with Gasteiger partial charge < -0.3 is 10.6 Å². The summed E-state index contributed by atoms with van der Waals surface area (Å²) in [6.07, 6.45) is 19.6. The van der Waals surface area contributed by atoms with Crippen LogP contribution >= 0.6 is 0 Å². The van der Waals surface area contributed by atoms with Crippen LogP contribution in [0.3, 0.4) is 0 Å². The highest BCUT2D eigenvalue weighted by molar-refractivity contribution is 7.89. The van der Waals surface area contributed by atoms with Crippen molar-refractivity contribution in [3.63, 3.8) is 0 Å². The third-order valence-electron chi connectivity index (χ3n) is 9.94. The Hall–Kier alpha value is -2.52. The third-order valence-corrected chi connectivity index (χ3v) is 11.9. The molecule has 2 N–H and O–H groups in total. The average Bonchev–Trinajstić information content (AvgIpc) is 3.40. The highest BCUT2D eigenvalue weighted by Crippen LogP contribution is 2.44. The quantitative estimate of drug-likeness (QED) is 0.300. The van der Waals surface area contributed by atoms with Gasteiger partial charge in [-0.05, 0) is 80.2 Å². The van der Waals surface area contributed by atoms with Crippen LogP contribution in [-0.2, 0) is 14.8 Å². The van der Waals surface area contributed by atoms with Crippen molar-refractivity contribution in [2.24, 2.45) is 11.8 Å². The van der Waals surface area contributed by atoms with E-state index in [9.17, 15) is 17.6 Å². The molecule has 5 rings (SSSR count). The number of unbranched alkanes of at least 4 members (excludes halogenated alkanes) is 1. The Morgan fingerprint density at radius 3 is 2.42 bits per heavy atom. The summed E-state index contributed by atoms with van der Waals surface area (Å²) in [6.45, 7) is 3.25. The van der Waals surface area contributed by atoms with Crippen molar-refractivity contribution in [2.45, 2.75) is 114 Å². The summed E-state index contributed by atoms with van der Waals surface area (Å²) in [5, 5.41) is 6.77. The van der Waals surface area contributed by atoms with Gasteiger partial charge in [-0.25, -0.2) is 12.8 Å². The molecule has 1 saturated carbocycles. The first-order valence-electron chi connectivity index (χ1n) is 16.6. The van der Waals surface area contributed by atoms with Crippen LogP contribution in [0.5, 0.6) is 0 Å². The lowest BCUT2D eigenvalue weighted by Crippen LogP contribution is -2.43. The molecule has 2 aliphatic heterocycles. The molecule has 0 bridgehead atoms. The zero-order valence-corrected chi connectivity index (χ0v) is 26.5. The zero-order chi connectivity index (χ0) is 30.2. The zero-order valence-electron chi connectivity index (χ0n) is 25.7. The molecule has 9 heteroatoms. The van der Waals surface area contributed by atoms with Crippen LogP contribution in [0, 0.1) is 24.6 Å². The van der Waals surface area contributed by atoms with Gasteiger partial charge >= 0.3 is 0 Å². The maximum Gasteiger partial charge on any atom is 0.245 e. The van der Waals surface area contributed by atoms with Crippen molar-refractivity contribution in [2.75, 3.05) is 25.0 Å². The molecule has 43 heavy (non-hydrogen) atoms. The number of carbonyl (C=O) groups is 1. The van der Waals surface area contributed by atoms with Gasteiger partial charge in [-0.3, -0.25) is 9.78 Å². The number of aryl methyl sites for hydroxylation is 1. The number of rotatable bonds is 9. The normalized spacial score (nSPS) is 22.9. The fourth-order valence-corrected chi connectivity index (χ4v) is 9.08. The lowest BCUT2D eigenvalue weighted by Gasteiger charge is -2.31. The minimum absolute atomic E-state index is 0.0835. The summed E-state index contributed by atoms with van der Waals surface area (Å²) in [6, 6.07) is 5.99. The van der Waals surface area contributed by atoms with Crippen molar-refractivity contribution in [1.29, 1.82) is 0 Å². The van der Waals surface area contributed by atoms with E-state index in [4.69, 9.17) is 0 Å². The number of hydrogen-bond donors (Lipinski definition) is 2. The maximum atomic E-state index is 14.3. The molecule has 2 atom stereocenters. The topological polar surface area (TPSA) is 91.4 Å². The number of anilines is 1. The van der Waals surface area contributed by atoms with Gasteiger partial charge in [0.15, 0.2) is 0 Å². The van der Waals surface area contributed by atoms with E-state index in [2.05, 4.69) is 15.6 Å². The molecule has 1 aliphatic carbocycles. The minimum atomic E-state index is -3.82. The summed E-state index contributed by atoms with van der Waals surface area (Å²) in [4.78, 5) is 17.7. The second-order valence-electron chi connectivity index (χ2n) is 13.0. The Balaban J connectivity index is 1.08. The van der Waals surface area contributed by atoms with E-state index >= 15 is 0 Å². The predicted octanol–water partition coefficient (Wildman–Crippen LogP) is 6.93. The molecule has 7 nitrogen and oxygen atoms in total. The fraction of sp³-hybridized carbons (Fsp3) is 0.647. The third kappa shape index (κ3) is 7.96. The SMILES string of the molecule is Cc1ccc(F)c(S(=O)(=O)N2CCC(CCCCNC(=O)C3Nc4ccncc4C3C3CCCCCCCCC3)CC2)c1. The molecule has 1 aromatic heterocycles. The van der Waals surface area contributed by atoms with Gasteiger partial charge in [-0.2, -0.15) is 4.31 Å². The van der Waals surface area contributed by atoms with Crippen LogP contribution in [0.15, 0.2) is 41.6 Å². The minimum Gasteiger partial charge on any atom is -0.373 e. The molecule has 2 unspecified atom stereocenters. The van der Waals surface area contributed by atoms with Crippen molar-refractivity contribution in [3.8, 4) is 0 Å². The largest absolute Gasteiger partial charge is 0.373 e. The Morgan fingerprint density at radius 1 is 1.00 bits per heavy atom. The number of fused-ring (bicyclic) bond motifs is 1. The monoisotopic (exact) mass is 612 g/mol. The van der Waals surface area contributed by atoms with Gasteiger partial charge in [0.05, 0.1) is 0 Å². The van der Waals surface area contributed by atoms with E-state index < -0.39 is 15.8 Å². The summed E-state index contributed by atoms with van der Waals surface area (Å²) in [5.74, 6) is 0.493. The molecule has 236 valence electrons. The summed E-state index contributed by atoms with van der Waals surface area (Å²) in [5.41, 5.74) is 2.98. The standard InChI is InChI=1S/C34H49FN4O3S/c1-25-14-15-29(35)31(23-25)43(41,42)39-21-17-26(18-22-39)11-9-10-19-37-34(40)33-32(28-24-36-20-16-30(28)38-33)27-12-7-5-3-2-4-6-8-13-27/h14-16,20,23-24,26-27,32-33,38H,2-13,17-19,21-22H2,1H3,(H,37,40). The van der Waals surface area contributed by atoms with Gasteiger partial charge in [-0.1, -0.05) is 63.9 Å². The van der Waals surface area contributed by atoms with Gasteiger partial charge in [-0.15, -0.1) is 0 Å². The van der Waals surface area contributed by atoms with Crippen LogP contribution in [0.4, 0.5) is 10.1 Å². The van der Waals surface area contributed by atoms with Crippen LogP contribution < -0.4 is 10.6 Å². The van der Waals surface area contributed by atoms with Crippen LogP contribution in [-0.4, -0.2) is 49.3 Å². The number of nitrogens with one attached hydrogen (secondary N) is 2. The molecule has 0 radical (unpaired) electrons. The molecule has 2 aromatic rings. The Morgan fingerprint density at radius 2 is 1.70 bits per heavy atom. The molecule has 3 heterocycles. The molecule has 1 aromatic carbocycles. The van der Waals surface area contributed by atoms with Crippen LogP contribution in [0.25, 0.3) is 0 Å². The predicted molar refractivity (Wildman–Crippen MR) is 169 cm³/mol. The number of sulfonamides is 1. The molecule has 0 spiro atoms. The average molecular weight is 613 g/mol. The fourth-order valence-electron chi connectivity index (χ4n) is 7.46. The lowest BCUT2D eigenvalue weighted by atomic mass is 9.77. The number of amides is 1. The second-order valence-corrected chi connectivity index (χ2v) is 14.9. The first-order chi connectivity index (χ1) is 20.8. The molecular weight excluding hydrogens is 563 g/mol. The number of nitrogens with zero attached hydrogens (tertiary/aromatic N) is 2. The number of hydrogen-bond acceptors (Lipinski definition) is 5. The van der Waals surface area contributed by atoms with Crippen LogP contribution in [0.2, 0.25) is 0 Å². The van der Waals surface area contributed by atoms with E-state index in [1.54, 1.807) is 19.2 Å². The Kier molecular flexibility index (Phi) is 11.1. The number of halogens is 1. The van der Waals surface area contributed by atoms with E-state index in [0.29, 0.717) is 31.5 Å². The first-order valence-corrected chi connectivity index (χ1v) is 18.0. The van der Waals surface area contributed by atoms with Gasteiger partial charge in [0.2, 0.25) is 15.9 Å². The highest BCUT2D eigenvalue weighted by Gasteiger charge is 2.41. The van der Waals surface area contributed by atoms with Crippen LogP contribution in [0.1, 0.15) is 107 Å². The lowest BCUT2D eigenvalue weighted by molar-refractivity contribution is -0.122. The van der Waals surface area contributed by atoms with Crippen molar-refractivity contribution < 1.29 is 17.6 Å². The number of aromatic nitrogens is 1. The number of benzene rings is 1. The van der Waals surface area contributed by atoms with Crippen molar-refractivity contribution in [1.82, 2.24) is 14.6 Å². The second kappa shape index (κ2) is 15.0. The molecule has 3 aliphatic rings. The Labute approximate surface area is 257 Å². The number of carbonyl (C=O) groups excluding carboxylic acids is 1. The van der Waals surface area contributed by atoms with Gasteiger partial charge in [0.25, 0.3) is 0 Å². The Bertz CT molecular complexity index is 1320.